The maximum atomic E-state index is 5.96. The molecule has 0 atom stereocenters. The second-order valence-corrected chi connectivity index (χ2v) is 6.11. The van der Waals surface area contributed by atoms with Gasteiger partial charge in [0.15, 0.2) is 0 Å². The molecule has 0 aliphatic heterocycles. The van der Waals surface area contributed by atoms with Gasteiger partial charge in [-0.15, -0.1) is 0 Å². The van der Waals surface area contributed by atoms with Crippen molar-refractivity contribution in [3.05, 3.63) is 65.2 Å². The van der Waals surface area contributed by atoms with Crippen LogP contribution in [0.4, 0.5) is 0 Å². The third-order valence-electron chi connectivity index (χ3n) is 3.99. The molecule has 2 nitrogen and oxygen atoms in total. The van der Waals surface area contributed by atoms with E-state index in [1.807, 2.05) is 6.07 Å². The molecular formula is C21H29NO. The highest BCUT2D eigenvalue weighted by Crippen LogP contribution is 2.18. The second-order valence-electron chi connectivity index (χ2n) is 6.11. The van der Waals surface area contributed by atoms with Crippen molar-refractivity contribution in [1.29, 1.82) is 0 Å². The number of aryl methyl sites for hydroxylation is 1. The molecule has 0 bridgehead atoms. The van der Waals surface area contributed by atoms with Crippen LogP contribution in [0.25, 0.3) is 0 Å². The molecule has 0 saturated heterocycles. The molecule has 2 rings (SSSR count). The lowest BCUT2D eigenvalue weighted by atomic mass is 10.1. The van der Waals surface area contributed by atoms with Crippen LogP contribution in [0, 0.1) is 6.92 Å². The molecule has 0 aliphatic carbocycles. The normalized spacial score (nSPS) is 10.7. The first-order valence-corrected chi connectivity index (χ1v) is 8.76. The van der Waals surface area contributed by atoms with Crippen LogP contribution in [0.1, 0.15) is 49.3 Å². The minimum absolute atomic E-state index is 0.814. The van der Waals surface area contributed by atoms with Gasteiger partial charge >= 0.3 is 0 Å². The van der Waals surface area contributed by atoms with Gasteiger partial charge in [0.25, 0.3) is 0 Å². The number of hydrogen-bond donors (Lipinski definition) is 1. The molecule has 0 unspecified atom stereocenters. The van der Waals surface area contributed by atoms with Gasteiger partial charge in [-0.3, -0.25) is 0 Å². The quantitative estimate of drug-likeness (QED) is 0.606. The number of rotatable bonds is 10. The molecule has 23 heavy (non-hydrogen) atoms. The number of hydrogen-bond acceptors (Lipinski definition) is 2. The zero-order valence-electron chi connectivity index (χ0n) is 14.5. The Morgan fingerprint density at radius 2 is 1.65 bits per heavy atom. The van der Waals surface area contributed by atoms with Crippen molar-refractivity contribution in [1.82, 2.24) is 5.32 Å². The molecule has 2 aromatic rings. The third kappa shape index (κ3) is 6.45. The summed E-state index contributed by atoms with van der Waals surface area (Å²) < 4.78 is 5.96. The molecule has 124 valence electrons. The summed E-state index contributed by atoms with van der Waals surface area (Å²) in [6.45, 7) is 6.88. The molecule has 2 heteroatoms. The molecule has 1 N–H and O–H groups in total. The summed E-state index contributed by atoms with van der Waals surface area (Å²) in [7, 11) is 0. The molecule has 2 aromatic carbocycles. The van der Waals surface area contributed by atoms with Crippen molar-refractivity contribution in [2.24, 2.45) is 0 Å². The summed E-state index contributed by atoms with van der Waals surface area (Å²) in [5, 5.41) is 3.51. The van der Waals surface area contributed by atoms with E-state index in [1.54, 1.807) is 0 Å². The summed E-state index contributed by atoms with van der Waals surface area (Å²) in [4.78, 5) is 0. The van der Waals surface area contributed by atoms with Crippen LogP contribution in [0.3, 0.4) is 0 Å². The Morgan fingerprint density at radius 3 is 2.43 bits per heavy atom. The zero-order valence-corrected chi connectivity index (χ0v) is 14.5. The summed E-state index contributed by atoms with van der Waals surface area (Å²) >= 11 is 0. The van der Waals surface area contributed by atoms with E-state index in [2.05, 4.69) is 61.6 Å². The molecular weight excluding hydrogens is 282 g/mol. The Balaban J connectivity index is 1.79. The third-order valence-corrected chi connectivity index (χ3v) is 3.99. The fraction of sp³-hybridized carbons (Fsp3) is 0.429. The smallest absolute Gasteiger partial charge is 0.123 e. The molecule has 0 heterocycles. The van der Waals surface area contributed by atoms with E-state index >= 15 is 0 Å². The SMILES string of the molecule is CCCCCCOc1ccccc1CNCc1ccc(C)cc1. The fourth-order valence-electron chi connectivity index (χ4n) is 2.55. The number of ether oxygens (including phenoxy) is 1. The van der Waals surface area contributed by atoms with E-state index < -0.39 is 0 Å². The first kappa shape index (κ1) is 17.6. The van der Waals surface area contributed by atoms with Crippen molar-refractivity contribution in [2.75, 3.05) is 6.61 Å². The first-order valence-electron chi connectivity index (χ1n) is 8.76. The summed E-state index contributed by atoms with van der Waals surface area (Å²) in [6.07, 6.45) is 4.95. The van der Waals surface area contributed by atoms with Crippen LogP contribution in [0.15, 0.2) is 48.5 Å². The average Bonchev–Trinajstić information content (AvgIpc) is 2.58. The Hall–Kier alpha value is -1.80. The van der Waals surface area contributed by atoms with Crippen LogP contribution in [0.5, 0.6) is 5.75 Å². The predicted molar refractivity (Wildman–Crippen MR) is 97.8 cm³/mol. The molecule has 0 radical (unpaired) electrons. The second kappa shape index (κ2) is 10.1. The first-order chi connectivity index (χ1) is 11.3. The van der Waals surface area contributed by atoms with Gasteiger partial charge < -0.3 is 10.1 Å². The standard InChI is InChI=1S/C21H29NO/c1-3-4-5-8-15-23-21-10-7-6-9-20(21)17-22-16-19-13-11-18(2)12-14-19/h6-7,9-14,22H,3-5,8,15-17H2,1-2H3. The highest BCUT2D eigenvalue weighted by atomic mass is 16.5. The summed E-state index contributed by atoms with van der Waals surface area (Å²) in [5.74, 6) is 1.01. The van der Waals surface area contributed by atoms with Crippen LogP contribution < -0.4 is 10.1 Å². The Bertz CT molecular complexity index is 562. The van der Waals surface area contributed by atoms with Crippen molar-refractivity contribution < 1.29 is 4.74 Å². The van der Waals surface area contributed by atoms with Crippen molar-refractivity contribution >= 4 is 0 Å². The molecule has 0 aromatic heterocycles. The Labute approximate surface area is 140 Å². The minimum Gasteiger partial charge on any atom is -0.493 e. The molecule has 0 aliphatic rings. The van der Waals surface area contributed by atoms with Crippen LogP contribution in [0.2, 0.25) is 0 Å². The summed E-state index contributed by atoms with van der Waals surface area (Å²) in [5.41, 5.74) is 3.85. The van der Waals surface area contributed by atoms with E-state index in [-0.39, 0.29) is 0 Å². The van der Waals surface area contributed by atoms with E-state index in [4.69, 9.17) is 4.74 Å². The van der Waals surface area contributed by atoms with Crippen LogP contribution >= 0.6 is 0 Å². The highest BCUT2D eigenvalue weighted by Gasteiger charge is 2.03. The average molecular weight is 311 g/mol. The number of para-hydroxylation sites is 1. The predicted octanol–water partition coefficient (Wildman–Crippen LogP) is 5.24. The zero-order chi connectivity index (χ0) is 16.3. The Morgan fingerprint density at radius 1 is 0.870 bits per heavy atom. The van der Waals surface area contributed by atoms with E-state index in [1.165, 1.54) is 36.0 Å². The van der Waals surface area contributed by atoms with Crippen LogP contribution in [-0.2, 0) is 13.1 Å². The largest absolute Gasteiger partial charge is 0.493 e. The highest BCUT2D eigenvalue weighted by molar-refractivity contribution is 5.33. The maximum Gasteiger partial charge on any atom is 0.123 e. The van der Waals surface area contributed by atoms with Gasteiger partial charge in [-0.25, -0.2) is 0 Å². The molecule has 0 saturated carbocycles. The molecule has 0 amide bonds. The number of unbranched alkanes of at least 4 members (excludes halogenated alkanes) is 3. The lowest BCUT2D eigenvalue weighted by Crippen LogP contribution is -2.13. The van der Waals surface area contributed by atoms with Crippen LogP contribution in [-0.4, -0.2) is 6.61 Å². The summed E-state index contributed by atoms with van der Waals surface area (Å²) in [6, 6.07) is 17.0. The topological polar surface area (TPSA) is 21.3 Å². The van der Waals surface area contributed by atoms with Crippen molar-refractivity contribution in [3.8, 4) is 5.75 Å². The van der Waals surface area contributed by atoms with Crippen molar-refractivity contribution in [3.63, 3.8) is 0 Å². The monoisotopic (exact) mass is 311 g/mol. The van der Waals surface area contributed by atoms with Gasteiger partial charge in [-0.1, -0.05) is 74.2 Å². The fourth-order valence-corrected chi connectivity index (χ4v) is 2.55. The van der Waals surface area contributed by atoms with E-state index in [0.717, 1.165) is 31.9 Å². The lowest BCUT2D eigenvalue weighted by molar-refractivity contribution is 0.301. The van der Waals surface area contributed by atoms with Gasteiger partial charge in [-0.05, 0) is 25.0 Å². The van der Waals surface area contributed by atoms with Gasteiger partial charge in [0.05, 0.1) is 6.61 Å². The number of benzene rings is 2. The van der Waals surface area contributed by atoms with Crippen molar-refractivity contribution in [2.45, 2.75) is 52.6 Å². The number of nitrogens with one attached hydrogen (secondary N) is 1. The minimum atomic E-state index is 0.814. The Kier molecular flexibility index (Phi) is 7.68. The van der Waals surface area contributed by atoms with Gasteiger partial charge in [0, 0.05) is 18.7 Å². The van der Waals surface area contributed by atoms with Gasteiger partial charge in [0.1, 0.15) is 5.75 Å². The lowest BCUT2D eigenvalue weighted by Gasteiger charge is -2.12. The molecule has 0 fully saturated rings. The van der Waals surface area contributed by atoms with Gasteiger partial charge in [-0.2, -0.15) is 0 Å². The molecule has 0 spiro atoms. The van der Waals surface area contributed by atoms with Gasteiger partial charge in [0.2, 0.25) is 0 Å². The van der Waals surface area contributed by atoms with E-state index in [0.29, 0.717) is 0 Å². The maximum absolute atomic E-state index is 5.96. The van der Waals surface area contributed by atoms with E-state index in [9.17, 15) is 0 Å².